The van der Waals surface area contributed by atoms with Crippen LogP contribution >= 0.6 is 11.6 Å². The number of aryl methyl sites for hydroxylation is 2. The van der Waals surface area contributed by atoms with Crippen LogP contribution in [-0.4, -0.2) is 27.1 Å². The first-order valence-corrected chi connectivity index (χ1v) is 7.48. The predicted molar refractivity (Wildman–Crippen MR) is 78.8 cm³/mol. The highest BCUT2D eigenvalue weighted by Gasteiger charge is 2.25. The van der Waals surface area contributed by atoms with Crippen LogP contribution in [0.15, 0.2) is 6.07 Å². The van der Waals surface area contributed by atoms with E-state index in [0.717, 1.165) is 25.0 Å². The van der Waals surface area contributed by atoms with Crippen molar-refractivity contribution in [3.05, 3.63) is 17.5 Å². The lowest BCUT2D eigenvalue weighted by Gasteiger charge is -2.28. The monoisotopic (exact) mass is 285 g/mol. The van der Waals surface area contributed by atoms with Crippen LogP contribution in [0.2, 0.25) is 0 Å². The molecule has 0 bridgehead atoms. The number of nitrogens with zero attached hydrogens (tertiary/aromatic N) is 2. The lowest BCUT2D eigenvalue weighted by atomic mass is 9.95. The second-order valence-electron chi connectivity index (χ2n) is 5.00. The molecule has 0 saturated carbocycles. The van der Waals surface area contributed by atoms with Crippen LogP contribution in [0.3, 0.4) is 0 Å². The summed E-state index contributed by atoms with van der Waals surface area (Å²) >= 11 is 5.81. The number of rotatable bonds is 7. The van der Waals surface area contributed by atoms with Gasteiger partial charge < -0.3 is 5.32 Å². The molecule has 108 valence electrons. The van der Waals surface area contributed by atoms with E-state index >= 15 is 0 Å². The summed E-state index contributed by atoms with van der Waals surface area (Å²) in [5, 5.41) is 7.49. The van der Waals surface area contributed by atoms with E-state index in [0.29, 0.717) is 18.1 Å². The van der Waals surface area contributed by atoms with Crippen LogP contribution < -0.4 is 5.32 Å². The van der Waals surface area contributed by atoms with Crippen LogP contribution in [-0.2, 0) is 13.0 Å². The number of hydrogen-bond acceptors (Lipinski definition) is 2. The molecule has 0 spiro atoms. The molecule has 0 aliphatic heterocycles. The molecular weight excluding hydrogens is 262 g/mol. The molecule has 1 aromatic rings. The third-order valence-corrected chi connectivity index (χ3v) is 3.76. The molecule has 0 aromatic carbocycles. The van der Waals surface area contributed by atoms with Crippen LogP contribution in [0.4, 0.5) is 0 Å². The molecule has 1 amide bonds. The average Bonchev–Trinajstić information content (AvgIpc) is 2.82. The minimum Gasteiger partial charge on any atom is -0.346 e. The van der Waals surface area contributed by atoms with Crippen molar-refractivity contribution >= 4 is 17.5 Å². The fourth-order valence-electron chi connectivity index (χ4n) is 1.94. The van der Waals surface area contributed by atoms with E-state index in [2.05, 4.69) is 17.3 Å². The number of carbonyl (C=O) groups excluding carboxylic acids is 1. The summed E-state index contributed by atoms with van der Waals surface area (Å²) in [5.41, 5.74) is 1.32. The SMILES string of the molecule is CCc1cc(C(=O)NC(C)(CC)CCCl)n(CC)n1. The van der Waals surface area contributed by atoms with Gasteiger partial charge in [-0.15, -0.1) is 11.6 Å². The number of aromatic nitrogens is 2. The predicted octanol–water partition coefficient (Wildman–Crippen LogP) is 2.99. The maximum atomic E-state index is 12.4. The average molecular weight is 286 g/mol. The van der Waals surface area contributed by atoms with Crippen LogP contribution in [0.1, 0.15) is 56.7 Å². The molecule has 1 heterocycles. The molecule has 0 aliphatic carbocycles. The number of amides is 1. The Labute approximate surface area is 120 Å². The van der Waals surface area contributed by atoms with Crippen molar-refractivity contribution in [1.29, 1.82) is 0 Å². The maximum Gasteiger partial charge on any atom is 0.269 e. The molecule has 0 saturated heterocycles. The molecular formula is C14H24ClN3O. The Hall–Kier alpha value is -1.03. The van der Waals surface area contributed by atoms with Crippen molar-refractivity contribution in [2.24, 2.45) is 0 Å². The van der Waals surface area contributed by atoms with Gasteiger partial charge in [0.15, 0.2) is 0 Å². The van der Waals surface area contributed by atoms with Crippen molar-refractivity contribution in [3.8, 4) is 0 Å². The van der Waals surface area contributed by atoms with E-state index < -0.39 is 0 Å². The summed E-state index contributed by atoms with van der Waals surface area (Å²) in [6.07, 6.45) is 2.45. The zero-order valence-corrected chi connectivity index (χ0v) is 13.0. The fraction of sp³-hybridized carbons (Fsp3) is 0.714. The summed E-state index contributed by atoms with van der Waals surface area (Å²) in [7, 11) is 0. The first-order chi connectivity index (χ1) is 8.99. The van der Waals surface area contributed by atoms with E-state index in [1.165, 1.54) is 0 Å². The molecule has 19 heavy (non-hydrogen) atoms. The van der Waals surface area contributed by atoms with Gasteiger partial charge in [0.2, 0.25) is 0 Å². The molecule has 5 heteroatoms. The third kappa shape index (κ3) is 3.96. The Bertz CT molecular complexity index is 430. The van der Waals surface area contributed by atoms with Gasteiger partial charge in [0.25, 0.3) is 5.91 Å². The molecule has 1 unspecified atom stereocenters. The molecule has 0 fully saturated rings. The zero-order chi connectivity index (χ0) is 14.5. The van der Waals surface area contributed by atoms with Gasteiger partial charge in [-0.05, 0) is 39.2 Å². The molecule has 0 radical (unpaired) electrons. The maximum absolute atomic E-state index is 12.4. The molecule has 1 rings (SSSR count). The summed E-state index contributed by atoms with van der Waals surface area (Å²) < 4.78 is 1.75. The third-order valence-electron chi connectivity index (χ3n) is 3.57. The van der Waals surface area contributed by atoms with E-state index in [9.17, 15) is 4.79 Å². The van der Waals surface area contributed by atoms with Gasteiger partial charge >= 0.3 is 0 Å². The standard InChI is InChI=1S/C14H24ClN3O/c1-5-11-10-12(18(7-3)17-11)13(19)16-14(4,6-2)8-9-15/h10H,5-9H2,1-4H3,(H,16,19). The molecule has 0 aliphatic rings. The highest BCUT2D eigenvalue weighted by molar-refractivity contribution is 6.17. The van der Waals surface area contributed by atoms with Gasteiger partial charge in [-0.3, -0.25) is 9.48 Å². The molecule has 1 N–H and O–H groups in total. The highest BCUT2D eigenvalue weighted by atomic mass is 35.5. The van der Waals surface area contributed by atoms with Gasteiger partial charge in [0, 0.05) is 18.0 Å². The zero-order valence-electron chi connectivity index (χ0n) is 12.3. The van der Waals surface area contributed by atoms with E-state index in [1.54, 1.807) is 4.68 Å². The Kier molecular flexibility index (Phi) is 5.85. The van der Waals surface area contributed by atoms with Crippen molar-refractivity contribution in [3.63, 3.8) is 0 Å². The van der Waals surface area contributed by atoms with Gasteiger partial charge in [0.1, 0.15) is 5.69 Å². The molecule has 1 atom stereocenters. The highest BCUT2D eigenvalue weighted by Crippen LogP contribution is 2.17. The second-order valence-corrected chi connectivity index (χ2v) is 5.38. The molecule has 4 nitrogen and oxygen atoms in total. The normalized spacial score (nSPS) is 14.2. The number of carbonyl (C=O) groups is 1. The number of nitrogens with one attached hydrogen (secondary N) is 1. The topological polar surface area (TPSA) is 46.9 Å². The fourth-order valence-corrected chi connectivity index (χ4v) is 2.36. The summed E-state index contributed by atoms with van der Waals surface area (Å²) in [6.45, 7) is 8.80. The van der Waals surface area contributed by atoms with E-state index in [1.807, 2.05) is 26.8 Å². The van der Waals surface area contributed by atoms with E-state index in [4.69, 9.17) is 11.6 Å². The van der Waals surface area contributed by atoms with Gasteiger partial charge in [-0.2, -0.15) is 5.10 Å². The van der Waals surface area contributed by atoms with Crippen molar-refractivity contribution in [2.75, 3.05) is 5.88 Å². The minimum atomic E-state index is -0.256. The van der Waals surface area contributed by atoms with Crippen molar-refractivity contribution < 1.29 is 4.79 Å². The van der Waals surface area contributed by atoms with Gasteiger partial charge in [-0.25, -0.2) is 0 Å². The van der Waals surface area contributed by atoms with Crippen LogP contribution in [0, 0.1) is 0 Å². The lowest BCUT2D eigenvalue weighted by Crippen LogP contribution is -2.46. The number of alkyl halides is 1. The first kappa shape index (κ1) is 16.0. The largest absolute Gasteiger partial charge is 0.346 e. The van der Waals surface area contributed by atoms with Gasteiger partial charge in [-0.1, -0.05) is 13.8 Å². The molecule has 1 aromatic heterocycles. The van der Waals surface area contributed by atoms with Crippen molar-refractivity contribution in [1.82, 2.24) is 15.1 Å². The Morgan fingerprint density at radius 3 is 2.63 bits per heavy atom. The Balaban J connectivity index is 2.90. The number of halogens is 1. The van der Waals surface area contributed by atoms with Gasteiger partial charge in [0.05, 0.1) is 5.69 Å². The first-order valence-electron chi connectivity index (χ1n) is 6.94. The van der Waals surface area contributed by atoms with Crippen LogP contribution in [0.25, 0.3) is 0 Å². The smallest absolute Gasteiger partial charge is 0.269 e. The number of hydrogen-bond donors (Lipinski definition) is 1. The summed E-state index contributed by atoms with van der Waals surface area (Å²) in [6, 6.07) is 1.87. The lowest BCUT2D eigenvalue weighted by molar-refractivity contribution is 0.0890. The second kappa shape index (κ2) is 6.94. The summed E-state index contributed by atoms with van der Waals surface area (Å²) in [4.78, 5) is 12.4. The minimum absolute atomic E-state index is 0.0662. The van der Waals surface area contributed by atoms with Crippen LogP contribution in [0.5, 0.6) is 0 Å². The van der Waals surface area contributed by atoms with E-state index in [-0.39, 0.29) is 11.4 Å². The Morgan fingerprint density at radius 1 is 1.47 bits per heavy atom. The quantitative estimate of drug-likeness (QED) is 0.783. The Morgan fingerprint density at radius 2 is 2.16 bits per heavy atom. The van der Waals surface area contributed by atoms with Crippen molar-refractivity contribution in [2.45, 2.75) is 59.0 Å². The summed E-state index contributed by atoms with van der Waals surface area (Å²) in [5.74, 6) is 0.473.